The van der Waals surface area contributed by atoms with E-state index in [1.807, 2.05) is 6.07 Å². The quantitative estimate of drug-likeness (QED) is 0.519. The Kier molecular flexibility index (Phi) is 5.56. The molecule has 1 heterocycles. The van der Waals surface area contributed by atoms with Crippen LogP contribution >= 0.6 is 11.6 Å². The van der Waals surface area contributed by atoms with Gasteiger partial charge in [-0.2, -0.15) is 0 Å². The third-order valence-corrected chi connectivity index (χ3v) is 3.87. The minimum absolute atomic E-state index is 0.132. The first-order valence-corrected chi connectivity index (χ1v) is 8.31. The van der Waals surface area contributed by atoms with Crippen LogP contribution in [0.5, 0.6) is 0 Å². The zero-order chi connectivity index (χ0) is 18.4. The Hall–Kier alpha value is -3.24. The lowest BCUT2D eigenvalue weighted by atomic mass is 10.1. The molecule has 0 aliphatic rings. The van der Waals surface area contributed by atoms with E-state index in [1.165, 1.54) is 6.08 Å². The van der Waals surface area contributed by atoms with E-state index in [0.717, 1.165) is 0 Å². The zero-order valence-corrected chi connectivity index (χ0v) is 14.5. The van der Waals surface area contributed by atoms with Crippen LogP contribution in [0.25, 0.3) is 6.08 Å². The SMILES string of the molecule is O=C(/C=C/c1cc(Cl)ccc1NC(=O)c1ccccn1)c1ccccc1. The van der Waals surface area contributed by atoms with E-state index in [-0.39, 0.29) is 11.7 Å². The van der Waals surface area contributed by atoms with Crippen molar-refractivity contribution < 1.29 is 9.59 Å². The van der Waals surface area contributed by atoms with Crippen molar-refractivity contribution >= 4 is 35.1 Å². The summed E-state index contributed by atoms with van der Waals surface area (Å²) in [6.07, 6.45) is 4.64. The van der Waals surface area contributed by atoms with Gasteiger partial charge in [-0.15, -0.1) is 0 Å². The molecule has 0 radical (unpaired) electrons. The second kappa shape index (κ2) is 8.23. The van der Waals surface area contributed by atoms with Crippen LogP contribution in [-0.4, -0.2) is 16.7 Å². The highest BCUT2D eigenvalue weighted by Crippen LogP contribution is 2.23. The molecule has 0 spiro atoms. The number of hydrogen-bond acceptors (Lipinski definition) is 3. The maximum Gasteiger partial charge on any atom is 0.274 e. The predicted molar refractivity (Wildman–Crippen MR) is 103 cm³/mol. The third-order valence-electron chi connectivity index (χ3n) is 3.63. The van der Waals surface area contributed by atoms with E-state index in [1.54, 1.807) is 72.9 Å². The molecule has 128 valence electrons. The normalized spacial score (nSPS) is 10.7. The molecular weight excluding hydrogens is 348 g/mol. The van der Waals surface area contributed by atoms with Crippen molar-refractivity contribution in [3.8, 4) is 0 Å². The highest BCUT2D eigenvalue weighted by Gasteiger charge is 2.10. The summed E-state index contributed by atoms with van der Waals surface area (Å²) in [6, 6.07) is 19.1. The maximum atomic E-state index is 12.3. The molecule has 0 saturated heterocycles. The van der Waals surface area contributed by atoms with Gasteiger partial charge in [-0.05, 0) is 48.0 Å². The smallest absolute Gasteiger partial charge is 0.274 e. The second-order valence-electron chi connectivity index (χ2n) is 5.46. The molecule has 26 heavy (non-hydrogen) atoms. The zero-order valence-electron chi connectivity index (χ0n) is 13.7. The number of nitrogens with one attached hydrogen (secondary N) is 1. The molecule has 5 heteroatoms. The van der Waals surface area contributed by atoms with Crippen molar-refractivity contribution in [2.24, 2.45) is 0 Å². The highest BCUT2D eigenvalue weighted by molar-refractivity contribution is 6.31. The van der Waals surface area contributed by atoms with E-state index in [9.17, 15) is 9.59 Å². The number of pyridine rings is 1. The molecule has 0 fully saturated rings. The molecule has 0 aliphatic carbocycles. The van der Waals surface area contributed by atoms with Crippen LogP contribution in [0.1, 0.15) is 26.4 Å². The molecule has 1 aromatic heterocycles. The molecule has 0 bridgehead atoms. The Labute approximate surface area is 156 Å². The fourth-order valence-corrected chi connectivity index (χ4v) is 2.51. The van der Waals surface area contributed by atoms with Gasteiger partial charge in [-0.25, -0.2) is 0 Å². The van der Waals surface area contributed by atoms with Gasteiger partial charge < -0.3 is 5.32 Å². The molecule has 2 aromatic carbocycles. The highest BCUT2D eigenvalue weighted by atomic mass is 35.5. The van der Waals surface area contributed by atoms with Gasteiger partial charge in [0.25, 0.3) is 5.91 Å². The summed E-state index contributed by atoms with van der Waals surface area (Å²) in [6.45, 7) is 0. The number of amides is 1. The van der Waals surface area contributed by atoms with Gasteiger partial charge in [0, 0.05) is 22.5 Å². The van der Waals surface area contributed by atoms with Crippen molar-refractivity contribution in [2.75, 3.05) is 5.32 Å². The van der Waals surface area contributed by atoms with Crippen LogP contribution in [-0.2, 0) is 0 Å². The molecule has 1 amide bonds. The van der Waals surface area contributed by atoms with Crippen molar-refractivity contribution in [2.45, 2.75) is 0 Å². The van der Waals surface area contributed by atoms with Gasteiger partial charge in [-0.1, -0.05) is 48.0 Å². The molecule has 4 nitrogen and oxygen atoms in total. The lowest BCUT2D eigenvalue weighted by molar-refractivity contribution is 0.102. The lowest BCUT2D eigenvalue weighted by Crippen LogP contribution is -2.14. The molecule has 3 aromatic rings. The number of aromatic nitrogens is 1. The van der Waals surface area contributed by atoms with E-state index in [4.69, 9.17) is 11.6 Å². The molecule has 0 aliphatic heterocycles. The number of rotatable bonds is 5. The Morgan fingerprint density at radius 3 is 2.46 bits per heavy atom. The summed E-state index contributed by atoms with van der Waals surface area (Å²) in [5.41, 5.74) is 2.07. The summed E-state index contributed by atoms with van der Waals surface area (Å²) in [4.78, 5) is 28.6. The number of anilines is 1. The maximum absolute atomic E-state index is 12.3. The summed E-state index contributed by atoms with van der Waals surface area (Å²) in [5, 5.41) is 3.30. The molecular formula is C21H15ClN2O2. The predicted octanol–water partition coefficient (Wildman–Crippen LogP) is 4.88. The molecule has 0 unspecified atom stereocenters. The molecule has 0 atom stereocenters. The summed E-state index contributed by atoms with van der Waals surface area (Å²) in [5.74, 6) is -0.468. The Morgan fingerprint density at radius 2 is 1.73 bits per heavy atom. The summed E-state index contributed by atoms with van der Waals surface area (Å²) in [7, 11) is 0. The van der Waals surface area contributed by atoms with E-state index in [2.05, 4.69) is 10.3 Å². The topological polar surface area (TPSA) is 59.1 Å². The molecule has 1 N–H and O–H groups in total. The number of carbonyl (C=O) groups excluding carboxylic acids is 2. The van der Waals surface area contributed by atoms with Gasteiger partial charge in [0.2, 0.25) is 0 Å². The third kappa shape index (κ3) is 4.43. The number of halogens is 1. The van der Waals surface area contributed by atoms with Gasteiger partial charge in [0.05, 0.1) is 0 Å². The summed E-state index contributed by atoms with van der Waals surface area (Å²) < 4.78 is 0. The lowest BCUT2D eigenvalue weighted by Gasteiger charge is -2.09. The van der Waals surface area contributed by atoms with E-state index < -0.39 is 0 Å². The Balaban J connectivity index is 1.83. The average molecular weight is 363 g/mol. The fraction of sp³-hybridized carbons (Fsp3) is 0. The molecule has 3 rings (SSSR count). The number of carbonyl (C=O) groups is 2. The fourth-order valence-electron chi connectivity index (χ4n) is 2.33. The van der Waals surface area contributed by atoms with E-state index in [0.29, 0.717) is 27.5 Å². The van der Waals surface area contributed by atoms with Crippen LogP contribution in [0, 0.1) is 0 Å². The first-order chi connectivity index (χ1) is 12.6. The van der Waals surface area contributed by atoms with Gasteiger partial charge >= 0.3 is 0 Å². The number of allylic oxidation sites excluding steroid dienone is 1. The van der Waals surface area contributed by atoms with Crippen LogP contribution < -0.4 is 5.32 Å². The average Bonchev–Trinajstić information content (AvgIpc) is 2.69. The van der Waals surface area contributed by atoms with Crippen LogP contribution in [0.3, 0.4) is 0 Å². The Bertz CT molecular complexity index is 954. The van der Waals surface area contributed by atoms with Gasteiger partial charge in [-0.3, -0.25) is 14.6 Å². The number of hydrogen-bond donors (Lipinski definition) is 1. The monoisotopic (exact) mass is 362 g/mol. The minimum atomic E-state index is -0.336. The van der Waals surface area contributed by atoms with Crippen LogP contribution in [0.15, 0.2) is 79.0 Å². The number of nitrogens with zero attached hydrogens (tertiary/aromatic N) is 1. The van der Waals surface area contributed by atoms with Crippen molar-refractivity contribution in [3.63, 3.8) is 0 Å². The summed E-state index contributed by atoms with van der Waals surface area (Å²) >= 11 is 6.06. The number of ketones is 1. The van der Waals surface area contributed by atoms with Crippen molar-refractivity contribution in [3.05, 3.63) is 101 Å². The molecule has 0 saturated carbocycles. The van der Waals surface area contributed by atoms with E-state index >= 15 is 0 Å². The number of benzene rings is 2. The first-order valence-electron chi connectivity index (χ1n) is 7.93. The van der Waals surface area contributed by atoms with Gasteiger partial charge in [0.15, 0.2) is 5.78 Å². The van der Waals surface area contributed by atoms with Crippen molar-refractivity contribution in [1.29, 1.82) is 0 Å². The first kappa shape index (κ1) is 17.6. The van der Waals surface area contributed by atoms with Crippen molar-refractivity contribution in [1.82, 2.24) is 4.98 Å². The minimum Gasteiger partial charge on any atom is -0.320 e. The van der Waals surface area contributed by atoms with Gasteiger partial charge in [0.1, 0.15) is 5.69 Å². The second-order valence-corrected chi connectivity index (χ2v) is 5.90. The largest absolute Gasteiger partial charge is 0.320 e. The van der Waals surface area contributed by atoms with Crippen LogP contribution in [0.2, 0.25) is 5.02 Å². The Morgan fingerprint density at radius 1 is 0.962 bits per heavy atom. The standard InChI is InChI=1S/C21H15ClN2O2/c22-17-10-11-18(24-21(26)19-8-4-5-13-23-19)16(14-17)9-12-20(25)15-6-2-1-3-7-15/h1-14H,(H,24,26)/b12-9+. The van der Waals surface area contributed by atoms with Crippen LogP contribution in [0.4, 0.5) is 5.69 Å².